The first-order valence-electron chi connectivity index (χ1n) is 23.2. The largest absolute Gasteiger partial charge is 0.389 e. The summed E-state index contributed by atoms with van der Waals surface area (Å²) in [6.07, 6.45) is 12.4. The summed E-state index contributed by atoms with van der Waals surface area (Å²) in [7, 11) is 0. The molecule has 8 heterocycles. The molecule has 0 spiro atoms. The third-order valence-electron chi connectivity index (χ3n) is 13.8. The molecule has 0 aliphatic carbocycles. The molecule has 6 aromatic rings. The van der Waals surface area contributed by atoms with E-state index in [2.05, 4.69) is 43.7 Å². The van der Waals surface area contributed by atoms with E-state index in [1.807, 2.05) is 51.1 Å². The molecule has 2 aromatic carbocycles. The highest BCUT2D eigenvalue weighted by molar-refractivity contribution is 6.30. The average molecular weight is 940 g/mol. The van der Waals surface area contributed by atoms with Crippen LogP contribution in [0.1, 0.15) is 63.0 Å². The number of nitrogens with zero attached hydrogens (tertiary/aromatic N) is 11. The molecule has 1 unspecified atom stereocenters. The number of nitriles is 1. The molecule has 10 rings (SSSR count). The van der Waals surface area contributed by atoms with Crippen molar-refractivity contribution in [3.63, 3.8) is 0 Å². The van der Waals surface area contributed by atoms with Crippen LogP contribution in [0.2, 0.25) is 5.02 Å². The van der Waals surface area contributed by atoms with Gasteiger partial charge in [0.2, 0.25) is 17.7 Å². The van der Waals surface area contributed by atoms with E-state index in [0.29, 0.717) is 92.1 Å². The van der Waals surface area contributed by atoms with Crippen molar-refractivity contribution in [2.24, 2.45) is 0 Å². The number of pyridine rings is 1. The average Bonchev–Trinajstić information content (AvgIpc) is 3.94. The van der Waals surface area contributed by atoms with Crippen LogP contribution in [0.4, 0.5) is 27.3 Å². The third-order valence-corrected chi connectivity index (χ3v) is 14.0. The summed E-state index contributed by atoms with van der Waals surface area (Å²) in [6, 6.07) is 18.3. The van der Waals surface area contributed by atoms with Gasteiger partial charge in [-0.1, -0.05) is 11.6 Å². The maximum Gasteiger partial charge on any atom is 0.249 e. The number of fused-ring (bicyclic) bond motifs is 1. The van der Waals surface area contributed by atoms with Crippen LogP contribution in [0.3, 0.4) is 0 Å². The lowest BCUT2D eigenvalue weighted by Crippen LogP contribution is -2.49. The lowest BCUT2D eigenvalue weighted by molar-refractivity contribution is -0.139. The summed E-state index contributed by atoms with van der Waals surface area (Å²) in [5.74, 6) is -0.438. The topological polar surface area (TPSA) is 193 Å². The zero-order valence-electron chi connectivity index (χ0n) is 37.4. The second-order valence-electron chi connectivity index (χ2n) is 18.2. The summed E-state index contributed by atoms with van der Waals surface area (Å²) < 4.78 is 18.9. The Kier molecular flexibility index (Phi) is 12.4. The molecule has 4 saturated heterocycles. The van der Waals surface area contributed by atoms with E-state index in [0.717, 1.165) is 60.3 Å². The van der Waals surface area contributed by atoms with Crippen LogP contribution in [-0.2, 0) is 14.4 Å². The zero-order valence-corrected chi connectivity index (χ0v) is 38.2. The van der Waals surface area contributed by atoms with Crippen LogP contribution >= 0.6 is 11.6 Å². The first-order chi connectivity index (χ1) is 33.0. The Morgan fingerprint density at radius 3 is 2.40 bits per heavy atom. The van der Waals surface area contributed by atoms with E-state index in [4.69, 9.17) is 26.7 Å². The molecule has 3 amide bonds. The number of carbonyl (C=O) groups is 3. The SMILES string of the molecule is N#Cc1cnn2cc(-c3cnn(C4CCN(C(=O)CC5(O)CCN(c6ccc(NC7CCC(=O)NC7=O)cc6F)CC5)CC4)c3)nc(-c3ccc(N4CCCN(c5ccc(Cl)cc5)CC4)nc3)c12. The number of nitrogens with one attached hydrogen (secondary N) is 2. The molecule has 350 valence electrons. The summed E-state index contributed by atoms with van der Waals surface area (Å²) in [5, 5.41) is 36.8. The van der Waals surface area contributed by atoms with E-state index >= 15 is 4.39 Å². The molecule has 17 nitrogen and oxygen atoms in total. The van der Waals surface area contributed by atoms with Gasteiger partial charge in [-0.05, 0) is 93.1 Å². The summed E-state index contributed by atoms with van der Waals surface area (Å²) in [5.41, 5.74) is 4.56. The molecule has 4 aliphatic rings. The van der Waals surface area contributed by atoms with E-state index in [9.17, 15) is 24.8 Å². The zero-order chi connectivity index (χ0) is 46.9. The number of likely N-dealkylation sites (tertiary alicyclic amines) is 1. The monoisotopic (exact) mass is 939 g/mol. The lowest BCUT2D eigenvalue weighted by Gasteiger charge is -2.40. The van der Waals surface area contributed by atoms with E-state index in [-0.39, 0.29) is 30.7 Å². The molecule has 19 heteroatoms. The Balaban J connectivity index is 0.746. The highest BCUT2D eigenvalue weighted by Crippen LogP contribution is 2.35. The van der Waals surface area contributed by atoms with Gasteiger partial charge in [0.1, 0.15) is 34.8 Å². The molecule has 4 aliphatic heterocycles. The minimum Gasteiger partial charge on any atom is -0.389 e. The van der Waals surface area contributed by atoms with Crippen molar-refractivity contribution in [1.82, 2.24) is 39.6 Å². The van der Waals surface area contributed by atoms with Crippen molar-refractivity contribution in [3.05, 3.63) is 102 Å². The number of aromatic nitrogens is 6. The highest BCUT2D eigenvalue weighted by Gasteiger charge is 2.37. The Hall–Kier alpha value is -7.10. The highest BCUT2D eigenvalue weighted by atomic mass is 35.5. The van der Waals surface area contributed by atoms with Gasteiger partial charge in [0.25, 0.3) is 0 Å². The number of benzene rings is 2. The first-order valence-corrected chi connectivity index (χ1v) is 23.6. The van der Waals surface area contributed by atoms with Crippen molar-refractivity contribution >= 4 is 57.7 Å². The molecular formula is C49H51ClFN13O4. The van der Waals surface area contributed by atoms with Crippen molar-refractivity contribution in [1.29, 1.82) is 5.26 Å². The van der Waals surface area contributed by atoms with E-state index < -0.39 is 23.4 Å². The minimum atomic E-state index is -1.20. The number of hydrogen-bond acceptors (Lipinski definition) is 13. The standard InChI is InChI=1S/C49H51ClFN13O4/c50-35-3-6-37(7-4-35)59-16-1-17-61(23-22-59)43-10-2-32(27-53-43)46-47-33(26-52)28-55-64(47)31-41(57-46)34-29-54-63(30-34)38-12-18-62(19-13-38)45(66)25-49(68)14-20-60(21-15-49)42-9-5-36(24-39(42)51)56-40-8-11-44(65)58-48(40)67/h2-7,9-10,24,27-31,38,40,56,68H,1,8,11-23,25H2,(H,58,65,67). The van der Waals surface area contributed by atoms with Gasteiger partial charge in [0.15, 0.2) is 0 Å². The van der Waals surface area contributed by atoms with Crippen LogP contribution in [0.15, 0.2) is 85.6 Å². The second-order valence-corrected chi connectivity index (χ2v) is 18.6. The number of rotatable bonds is 10. The number of carbonyl (C=O) groups excluding carboxylic acids is 3. The van der Waals surface area contributed by atoms with Crippen LogP contribution in [-0.4, -0.2) is 121 Å². The molecule has 4 fully saturated rings. The summed E-state index contributed by atoms with van der Waals surface area (Å²) in [6.45, 7) is 5.27. The predicted octanol–water partition coefficient (Wildman–Crippen LogP) is 5.84. The quantitative estimate of drug-likeness (QED) is 0.139. The number of amides is 3. The van der Waals surface area contributed by atoms with Gasteiger partial charge >= 0.3 is 0 Å². The Labute approximate surface area is 397 Å². The number of halogens is 2. The van der Waals surface area contributed by atoms with Crippen molar-refractivity contribution in [2.45, 2.75) is 69.1 Å². The van der Waals surface area contributed by atoms with Gasteiger partial charge in [-0.15, -0.1) is 0 Å². The number of piperidine rings is 3. The normalized spacial score (nSPS) is 19.2. The van der Waals surface area contributed by atoms with Gasteiger partial charge < -0.3 is 30.0 Å². The predicted molar refractivity (Wildman–Crippen MR) is 255 cm³/mol. The van der Waals surface area contributed by atoms with Crippen LogP contribution in [0.25, 0.3) is 28.0 Å². The molecule has 4 aromatic heterocycles. The maximum atomic E-state index is 15.3. The maximum absolute atomic E-state index is 15.3. The fourth-order valence-electron chi connectivity index (χ4n) is 9.88. The fraction of sp³-hybridized carbons (Fsp3) is 0.388. The van der Waals surface area contributed by atoms with Crippen molar-refractivity contribution < 1.29 is 23.9 Å². The molecule has 0 saturated carbocycles. The van der Waals surface area contributed by atoms with Crippen LogP contribution in [0, 0.1) is 17.1 Å². The summed E-state index contributed by atoms with van der Waals surface area (Å²) >= 11 is 6.13. The number of anilines is 4. The van der Waals surface area contributed by atoms with Gasteiger partial charge in [0.05, 0.1) is 53.7 Å². The van der Waals surface area contributed by atoms with Crippen LogP contribution in [0.5, 0.6) is 0 Å². The number of aliphatic hydroxyl groups is 1. The Morgan fingerprint density at radius 2 is 1.66 bits per heavy atom. The third kappa shape index (κ3) is 9.40. The van der Waals surface area contributed by atoms with Gasteiger partial charge in [-0.2, -0.15) is 15.5 Å². The minimum absolute atomic E-state index is 0.00743. The van der Waals surface area contributed by atoms with Crippen molar-refractivity contribution in [2.75, 3.05) is 72.4 Å². The Bertz CT molecular complexity index is 2880. The molecule has 0 radical (unpaired) electrons. The fourth-order valence-corrected chi connectivity index (χ4v) is 10.0. The van der Waals surface area contributed by atoms with Crippen molar-refractivity contribution in [3.8, 4) is 28.6 Å². The summed E-state index contributed by atoms with van der Waals surface area (Å²) in [4.78, 5) is 55.5. The van der Waals surface area contributed by atoms with Gasteiger partial charge in [-0.25, -0.2) is 18.9 Å². The first kappa shape index (κ1) is 44.7. The van der Waals surface area contributed by atoms with E-state index in [1.165, 1.54) is 6.07 Å². The van der Waals surface area contributed by atoms with Gasteiger partial charge in [-0.3, -0.25) is 24.4 Å². The number of hydrogen-bond donors (Lipinski definition) is 3. The van der Waals surface area contributed by atoms with Crippen LogP contribution < -0.4 is 25.3 Å². The molecule has 68 heavy (non-hydrogen) atoms. The lowest BCUT2D eigenvalue weighted by atomic mass is 9.87. The molecule has 3 N–H and O–H groups in total. The smallest absolute Gasteiger partial charge is 0.249 e. The van der Waals surface area contributed by atoms with E-state index in [1.54, 1.807) is 35.2 Å². The van der Waals surface area contributed by atoms with Gasteiger partial charge in [0, 0.05) is 98.7 Å². The molecule has 1 atom stereocenters. The second kappa shape index (κ2) is 18.9. The molecular weight excluding hydrogens is 889 g/mol. The Morgan fingerprint density at radius 1 is 0.882 bits per heavy atom. The molecule has 0 bridgehead atoms. The number of imide groups is 1.